The van der Waals surface area contributed by atoms with Crippen molar-refractivity contribution in [3.8, 4) is 5.75 Å². The van der Waals surface area contributed by atoms with E-state index in [0.717, 1.165) is 25.2 Å². The lowest BCUT2D eigenvalue weighted by molar-refractivity contribution is -0.133. The molecule has 1 aromatic rings. The summed E-state index contributed by atoms with van der Waals surface area (Å²) < 4.78 is 6.99. The Balaban J connectivity index is 1.73. The van der Waals surface area contributed by atoms with Gasteiger partial charge in [0.1, 0.15) is 18.0 Å². The SMILES string of the molecule is CC(C)COc1cc(=O)n(CC(=O)NC23CC(C2)C3)nc1C(C)C. The molecule has 2 bridgehead atoms. The molecule has 3 aliphatic carbocycles. The van der Waals surface area contributed by atoms with Gasteiger partial charge in [-0.25, -0.2) is 4.68 Å². The molecule has 0 aliphatic heterocycles. The Hall–Kier alpha value is -1.85. The maximum absolute atomic E-state index is 12.3. The molecule has 0 aromatic carbocycles. The van der Waals surface area contributed by atoms with Gasteiger partial charge in [0.15, 0.2) is 0 Å². The zero-order valence-electron chi connectivity index (χ0n) is 15.0. The fourth-order valence-electron chi connectivity index (χ4n) is 3.48. The van der Waals surface area contributed by atoms with E-state index in [1.165, 1.54) is 10.7 Å². The lowest BCUT2D eigenvalue weighted by Crippen LogP contribution is -2.68. The van der Waals surface area contributed by atoms with E-state index in [1.807, 2.05) is 13.8 Å². The summed E-state index contributed by atoms with van der Waals surface area (Å²) in [6.45, 7) is 8.62. The molecule has 24 heavy (non-hydrogen) atoms. The third-order valence-electron chi connectivity index (χ3n) is 4.85. The highest BCUT2D eigenvalue weighted by Gasteiger charge is 2.57. The van der Waals surface area contributed by atoms with Gasteiger partial charge in [0.05, 0.1) is 6.61 Å². The zero-order valence-corrected chi connectivity index (χ0v) is 15.0. The van der Waals surface area contributed by atoms with Gasteiger partial charge in [0.25, 0.3) is 5.56 Å². The van der Waals surface area contributed by atoms with Crippen LogP contribution in [0.5, 0.6) is 5.75 Å². The minimum Gasteiger partial charge on any atom is -0.491 e. The second kappa shape index (κ2) is 6.22. The number of amides is 1. The number of hydrogen-bond acceptors (Lipinski definition) is 4. The summed E-state index contributed by atoms with van der Waals surface area (Å²) in [4.78, 5) is 24.5. The second-order valence-electron chi connectivity index (χ2n) is 8.06. The summed E-state index contributed by atoms with van der Waals surface area (Å²) in [5.74, 6) is 1.68. The Bertz CT molecular complexity index is 676. The highest BCUT2D eigenvalue weighted by molar-refractivity contribution is 5.77. The average molecular weight is 333 g/mol. The van der Waals surface area contributed by atoms with Crippen LogP contribution in [0.4, 0.5) is 0 Å². The van der Waals surface area contributed by atoms with E-state index in [4.69, 9.17) is 4.74 Å². The third-order valence-corrected chi connectivity index (χ3v) is 4.85. The predicted molar refractivity (Wildman–Crippen MR) is 91.1 cm³/mol. The number of hydrogen-bond donors (Lipinski definition) is 1. The molecule has 0 unspecified atom stereocenters. The summed E-state index contributed by atoms with van der Waals surface area (Å²) in [7, 11) is 0. The maximum atomic E-state index is 12.3. The molecular formula is C18H27N3O3. The van der Waals surface area contributed by atoms with Crippen molar-refractivity contribution in [2.75, 3.05) is 6.61 Å². The van der Waals surface area contributed by atoms with Crippen molar-refractivity contribution in [1.29, 1.82) is 0 Å². The smallest absolute Gasteiger partial charge is 0.270 e. The molecule has 6 heteroatoms. The average Bonchev–Trinajstić information content (AvgIpc) is 2.41. The number of carbonyl (C=O) groups excluding carboxylic acids is 1. The van der Waals surface area contributed by atoms with Crippen LogP contribution in [0.2, 0.25) is 0 Å². The topological polar surface area (TPSA) is 73.2 Å². The number of nitrogens with zero attached hydrogens (tertiary/aromatic N) is 2. The third kappa shape index (κ3) is 3.32. The van der Waals surface area contributed by atoms with Crippen molar-refractivity contribution >= 4 is 5.91 Å². The molecular weight excluding hydrogens is 306 g/mol. The Labute approximate surface area is 142 Å². The van der Waals surface area contributed by atoms with Gasteiger partial charge in [-0.2, -0.15) is 5.10 Å². The van der Waals surface area contributed by atoms with Crippen LogP contribution in [0.15, 0.2) is 10.9 Å². The molecule has 132 valence electrons. The monoisotopic (exact) mass is 333 g/mol. The minimum absolute atomic E-state index is 0.0204. The van der Waals surface area contributed by atoms with Crippen LogP contribution >= 0.6 is 0 Å². The van der Waals surface area contributed by atoms with Gasteiger partial charge < -0.3 is 10.1 Å². The molecule has 3 aliphatic rings. The van der Waals surface area contributed by atoms with Crippen LogP contribution in [-0.4, -0.2) is 27.8 Å². The first-order valence-electron chi connectivity index (χ1n) is 8.84. The molecule has 4 rings (SSSR count). The molecule has 6 nitrogen and oxygen atoms in total. The van der Waals surface area contributed by atoms with Gasteiger partial charge >= 0.3 is 0 Å². The molecule has 0 atom stereocenters. The molecule has 1 N–H and O–H groups in total. The standard InChI is InChI=1S/C18H27N3O3/c1-11(2)10-24-14-5-16(23)21(20-17(14)12(3)4)9-15(22)19-18-6-13(7-18)8-18/h5,11-13H,6-10H2,1-4H3,(H,19,22). The van der Waals surface area contributed by atoms with E-state index >= 15 is 0 Å². The normalized spacial score (nSPS) is 24.5. The fraction of sp³-hybridized carbons (Fsp3) is 0.722. The summed E-state index contributed by atoms with van der Waals surface area (Å²) >= 11 is 0. The molecule has 1 amide bonds. The van der Waals surface area contributed by atoms with Crippen LogP contribution in [0.1, 0.15) is 58.6 Å². The lowest BCUT2D eigenvalue weighted by Gasteiger charge is -2.61. The minimum atomic E-state index is -0.300. The molecule has 0 spiro atoms. The van der Waals surface area contributed by atoms with Crippen LogP contribution < -0.4 is 15.6 Å². The van der Waals surface area contributed by atoms with E-state index in [2.05, 4.69) is 24.3 Å². The second-order valence-corrected chi connectivity index (χ2v) is 8.06. The molecule has 1 aromatic heterocycles. The largest absolute Gasteiger partial charge is 0.491 e. The summed E-state index contributed by atoms with van der Waals surface area (Å²) in [5.41, 5.74) is 0.437. The number of rotatable bonds is 7. The Morgan fingerprint density at radius 2 is 2.04 bits per heavy atom. The molecule has 1 heterocycles. The van der Waals surface area contributed by atoms with Gasteiger partial charge in [-0.05, 0) is 31.1 Å². The van der Waals surface area contributed by atoms with E-state index in [1.54, 1.807) is 0 Å². The van der Waals surface area contributed by atoms with Gasteiger partial charge in [0, 0.05) is 17.5 Å². The lowest BCUT2D eigenvalue weighted by atomic mass is 9.50. The van der Waals surface area contributed by atoms with Crippen LogP contribution in [0.3, 0.4) is 0 Å². The molecule has 3 saturated carbocycles. The first-order chi connectivity index (χ1) is 11.3. The summed E-state index contributed by atoms with van der Waals surface area (Å²) in [5, 5.41) is 7.46. The Morgan fingerprint density at radius 1 is 1.38 bits per heavy atom. The van der Waals surface area contributed by atoms with E-state index in [-0.39, 0.29) is 29.5 Å². The fourth-order valence-corrected chi connectivity index (χ4v) is 3.48. The van der Waals surface area contributed by atoms with Crippen molar-refractivity contribution in [2.24, 2.45) is 11.8 Å². The zero-order chi connectivity index (χ0) is 17.5. The van der Waals surface area contributed by atoms with E-state index in [9.17, 15) is 9.59 Å². The molecule has 0 saturated heterocycles. The van der Waals surface area contributed by atoms with Gasteiger partial charge in [-0.15, -0.1) is 0 Å². The number of aromatic nitrogens is 2. The number of nitrogens with one attached hydrogen (secondary N) is 1. The maximum Gasteiger partial charge on any atom is 0.270 e. The Morgan fingerprint density at radius 3 is 2.54 bits per heavy atom. The first kappa shape index (κ1) is 17.0. The highest BCUT2D eigenvalue weighted by Crippen LogP contribution is 2.56. The van der Waals surface area contributed by atoms with E-state index in [0.29, 0.717) is 24.0 Å². The highest BCUT2D eigenvalue weighted by atomic mass is 16.5. The van der Waals surface area contributed by atoms with Gasteiger partial charge in [0.2, 0.25) is 5.91 Å². The number of carbonyl (C=O) groups is 1. The van der Waals surface area contributed by atoms with Crippen molar-refractivity contribution in [2.45, 2.75) is 65.0 Å². The summed E-state index contributed by atoms with van der Waals surface area (Å²) in [6, 6.07) is 1.46. The van der Waals surface area contributed by atoms with Gasteiger partial charge in [-0.1, -0.05) is 27.7 Å². The van der Waals surface area contributed by atoms with Crippen molar-refractivity contribution < 1.29 is 9.53 Å². The van der Waals surface area contributed by atoms with E-state index < -0.39 is 0 Å². The summed E-state index contributed by atoms with van der Waals surface area (Å²) in [6.07, 6.45) is 3.25. The van der Waals surface area contributed by atoms with Crippen LogP contribution in [-0.2, 0) is 11.3 Å². The van der Waals surface area contributed by atoms with Gasteiger partial charge in [-0.3, -0.25) is 9.59 Å². The Kier molecular flexibility index (Phi) is 4.40. The van der Waals surface area contributed by atoms with Crippen molar-refractivity contribution in [1.82, 2.24) is 15.1 Å². The van der Waals surface area contributed by atoms with Crippen LogP contribution in [0, 0.1) is 11.8 Å². The molecule has 3 fully saturated rings. The van der Waals surface area contributed by atoms with Crippen molar-refractivity contribution in [3.63, 3.8) is 0 Å². The first-order valence-corrected chi connectivity index (χ1v) is 8.84. The van der Waals surface area contributed by atoms with Crippen molar-refractivity contribution in [3.05, 3.63) is 22.1 Å². The predicted octanol–water partition coefficient (Wildman–Crippen LogP) is 2.07. The van der Waals surface area contributed by atoms with Crippen LogP contribution in [0.25, 0.3) is 0 Å². The number of ether oxygens (including phenoxy) is 1. The molecule has 0 radical (unpaired) electrons. The quantitative estimate of drug-likeness (QED) is 0.829.